The molecule has 0 saturated carbocycles. The Labute approximate surface area is 102 Å². The molecule has 82 valence electrons. The molecule has 0 fully saturated rings. The van der Waals surface area contributed by atoms with Gasteiger partial charge in [-0.2, -0.15) is 0 Å². The van der Waals surface area contributed by atoms with Crippen LogP contribution >= 0.6 is 22.6 Å². The molecular formula is C9H12IN3O2. The van der Waals surface area contributed by atoms with Crippen LogP contribution in [0.1, 0.15) is 20.8 Å². The van der Waals surface area contributed by atoms with Gasteiger partial charge in [-0.15, -0.1) is 0 Å². The Morgan fingerprint density at radius 3 is 2.67 bits per heavy atom. The molecule has 5 nitrogen and oxygen atoms in total. The van der Waals surface area contributed by atoms with E-state index >= 15 is 0 Å². The zero-order chi connectivity index (χ0) is 11.5. The fraction of sp³-hybridized carbons (Fsp3) is 0.444. The third-order valence-corrected chi connectivity index (χ3v) is 1.85. The second-order valence-electron chi connectivity index (χ2n) is 3.85. The van der Waals surface area contributed by atoms with Crippen LogP contribution in [0.4, 0.5) is 10.6 Å². The van der Waals surface area contributed by atoms with Gasteiger partial charge in [0.15, 0.2) is 0 Å². The number of nitrogens with zero attached hydrogens (tertiary/aromatic N) is 2. The first-order valence-corrected chi connectivity index (χ1v) is 5.42. The normalized spacial score (nSPS) is 10.9. The van der Waals surface area contributed by atoms with Gasteiger partial charge in [0, 0.05) is 6.07 Å². The van der Waals surface area contributed by atoms with Crippen molar-refractivity contribution in [1.29, 1.82) is 0 Å². The molecule has 0 unspecified atom stereocenters. The van der Waals surface area contributed by atoms with Crippen LogP contribution in [0.2, 0.25) is 0 Å². The van der Waals surface area contributed by atoms with Crippen LogP contribution in [0.5, 0.6) is 0 Å². The summed E-state index contributed by atoms with van der Waals surface area (Å²) in [5, 5.41) is 2.52. The Hall–Kier alpha value is -0.920. The van der Waals surface area contributed by atoms with Crippen molar-refractivity contribution in [2.75, 3.05) is 5.32 Å². The number of aromatic nitrogens is 2. The largest absolute Gasteiger partial charge is 0.444 e. The molecule has 0 aliphatic rings. The minimum Gasteiger partial charge on any atom is -0.444 e. The van der Waals surface area contributed by atoms with E-state index in [-0.39, 0.29) is 0 Å². The fourth-order valence-electron chi connectivity index (χ4n) is 0.810. The molecular weight excluding hydrogens is 309 g/mol. The van der Waals surface area contributed by atoms with E-state index in [1.807, 2.05) is 22.6 Å². The molecule has 1 amide bonds. The van der Waals surface area contributed by atoms with Crippen molar-refractivity contribution in [2.24, 2.45) is 0 Å². The predicted octanol–water partition coefficient (Wildman–Crippen LogP) is 2.43. The van der Waals surface area contributed by atoms with Gasteiger partial charge < -0.3 is 4.74 Å². The van der Waals surface area contributed by atoms with Crippen molar-refractivity contribution >= 4 is 34.5 Å². The van der Waals surface area contributed by atoms with E-state index in [1.54, 1.807) is 26.8 Å². The lowest BCUT2D eigenvalue weighted by atomic mass is 10.2. The van der Waals surface area contributed by atoms with Gasteiger partial charge in [0.05, 0.1) is 0 Å². The SMILES string of the molecule is CC(C)(C)OC(=O)Nc1cc(I)ncn1. The van der Waals surface area contributed by atoms with Crippen LogP contribution in [0.3, 0.4) is 0 Å². The Bertz CT molecular complexity index is 363. The summed E-state index contributed by atoms with van der Waals surface area (Å²) in [5.41, 5.74) is -0.510. The molecule has 15 heavy (non-hydrogen) atoms. The number of ether oxygens (including phenoxy) is 1. The number of carbonyl (C=O) groups excluding carboxylic acids is 1. The van der Waals surface area contributed by atoms with Gasteiger partial charge in [-0.3, -0.25) is 5.32 Å². The quantitative estimate of drug-likeness (QED) is 0.637. The molecule has 1 N–H and O–H groups in total. The number of hydrogen-bond acceptors (Lipinski definition) is 4. The van der Waals surface area contributed by atoms with E-state index in [4.69, 9.17) is 4.74 Å². The summed E-state index contributed by atoms with van der Waals surface area (Å²) in [7, 11) is 0. The number of anilines is 1. The summed E-state index contributed by atoms with van der Waals surface area (Å²) in [6, 6.07) is 1.66. The maximum absolute atomic E-state index is 11.3. The molecule has 1 heterocycles. The number of hydrogen-bond donors (Lipinski definition) is 1. The summed E-state index contributed by atoms with van der Waals surface area (Å²) < 4.78 is 5.83. The zero-order valence-corrected chi connectivity index (χ0v) is 10.9. The summed E-state index contributed by atoms with van der Waals surface area (Å²) in [6.45, 7) is 5.41. The molecule has 0 atom stereocenters. The average molecular weight is 321 g/mol. The number of amides is 1. The van der Waals surface area contributed by atoms with Gasteiger partial charge in [0.25, 0.3) is 0 Å². The minimum atomic E-state index is -0.517. The Morgan fingerprint density at radius 2 is 2.13 bits per heavy atom. The zero-order valence-electron chi connectivity index (χ0n) is 8.74. The van der Waals surface area contributed by atoms with Crippen LogP contribution in [-0.4, -0.2) is 21.7 Å². The number of nitrogens with one attached hydrogen (secondary N) is 1. The first-order chi connectivity index (χ1) is 6.87. The molecule has 0 radical (unpaired) electrons. The van der Waals surface area contributed by atoms with Crippen molar-refractivity contribution in [2.45, 2.75) is 26.4 Å². The van der Waals surface area contributed by atoms with Crippen LogP contribution in [-0.2, 0) is 4.74 Å². The van der Waals surface area contributed by atoms with Gasteiger partial charge in [0.2, 0.25) is 0 Å². The van der Waals surface area contributed by atoms with E-state index in [9.17, 15) is 4.79 Å². The highest BCUT2D eigenvalue weighted by molar-refractivity contribution is 14.1. The highest BCUT2D eigenvalue weighted by Gasteiger charge is 2.16. The van der Waals surface area contributed by atoms with Gasteiger partial charge in [0.1, 0.15) is 21.4 Å². The van der Waals surface area contributed by atoms with E-state index in [0.29, 0.717) is 5.82 Å². The van der Waals surface area contributed by atoms with Crippen LogP contribution in [0.25, 0.3) is 0 Å². The van der Waals surface area contributed by atoms with E-state index in [1.165, 1.54) is 6.33 Å². The van der Waals surface area contributed by atoms with Crippen molar-refractivity contribution < 1.29 is 9.53 Å². The molecule has 1 aromatic heterocycles. The summed E-state index contributed by atoms with van der Waals surface area (Å²) in [4.78, 5) is 19.1. The fourth-order valence-corrected chi connectivity index (χ4v) is 1.23. The summed E-state index contributed by atoms with van der Waals surface area (Å²) >= 11 is 2.04. The average Bonchev–Trinajstić information content (AvgIpc) is 1.99. The van der Waals surface area contributed by atoms with Crippen LogP contribution in [0, 0.1) is 3.70 Å². The molecule has 0 bridgehead atoms. The molecule has 0 aliphatic carbocycles. The third-order valence-electron chi connectivity index (χ3n) is 1.26. The van der Waals surface area contributed by atoms with E-state index in [2.05, 4.69) is 15.3 Å². The Morgan fingerprint density at radius 1 is 1.47 bits per heavy atom. The second kappa shape index (κ2) is 4.73. The maximum Gasteiger partial charge on any atom is 0.413 e. The highest BCUT2D eigenvalue weighted by atomic mass is 127. The third kappa shape index (κ3) is 4.91. The van der Waals surface area contributed by atoms with Crippen molar-refractivity contribution in [3.05, 3.63) is 16.1 Å². The van der Waals surface area contributed by atoms with Gasteiger partial charge in [-0.25, -0.2) is 14.8 Å². The minimum absolute atomic E-state index is 0.434. The van der Waals surface area contributed by atoms with Gasteiger partial charge in [-0.05, 0) is 43.4 Å². The van der Waals surface area contributed by atoms with Crippen molar-refractivity contribution in [3.8, 4) is 0 Å². The molecule has 6 heteroatoms. The lowest BCUT2D eigenvalue weighted by Crippen LogP contribution is -2.27. The predicted molar refractivity (Wildman–Crippen MR) is 64.6 cm³/mol. The summed E-state index contributed by atoms with van der Waals surface area (Å²) in [5.74, 6) is 0.434. The Balaban J connectivity index is 2.59. The second-order valence-corrected chi connectivity index (χ2v) is 4.96. The lowest BCUT2D eigenvalue weighted by molar-refractivity contribution is 0.0635. The first-order valence-electron chi connectivity index (χ1n) is 4.34. The van der Waals surface area contributed by atoms with Crippen LogP contribution < -0.4 is 5.32 Å². The molecule has 0 aliphatic heterocycles. The van der Waals surface area contributed by atoms with Crippen molar-refractivity contribution in [1.82, 2.24) is 9.97 Å². The number of rotatable bonds is 1. The molecule has 0 aromatic carbocycles. The van der Waals surface area contributed by atoms with Crippen molar-refractivity contribution in [3.63, 3.8) is 0 Å². The number of halogens is 1. The maximum atomic E-state index is 11.3. The number of carbonyl (C=O) groups is 1. The molecule has 1 aromatic rings. The highest BCUT2D eigenvalue weighted by Crippen LogP contribution is 2.10. The molecule has 0 spiro atoms. The molecule has 0 saturated heterocycles. The topological polar surface area (TPSA) is 64.1 Å². The standard InChI is InChI=1S/C9H12IN3O2/c1-9(2,3)15-8(14)13-7-4-6(10)11-5-12-7/h4-5H,1-3H3,(H,11,12,13,14). The van der Waals surface area contributed by atoms with Crippen LogP contribution in [0.15, 0.2) is 12.4 Å². The summed E-state index contributed by atoms with van der Waals surface area (Å²) in [6.07, 6.45) is 0.867. The smallest absolute Gasteiger partial charge is 0.413 e. The first kappa shape index (κ1) is 12.2. The molecule has 1 rings (SSSR count). The Kier molecular flexibility index (Phi) is 3.83. The van der Waals surface area contributed by atoms with Gasteiger partial charge >= 0.3 is 6.09 Å². The van der Waals surface area contributed by atoms with E-state index < -0.39 is 11.7 Å². The lowest BCUT2D eigenvalue weighted by Gasteiger charge is -2.19. The van der Waals surface area contributed by atoms with Gasteiger partial charge in [-0.1, -0.05) is 0 Å². The monoisotopic (exact) mass is 321 g/mol. The van der Waals surface area contributed by atoms with E-state index in [0.717, 1.165) is 3.70 Å².